The number of carbonyl (C=O) groups excluding carboxylic acids is 1. The topological polar surface area (TPSA) is 61.4 Å². The van der Waals surface area contributed by atoms with Crippen LogP contribution in [0.25, 0.3) is 0 Å². The van der Waals surface area contributed by atoms with E-state index < -0.39 is 0 Å². The number of hydrogen-bond donors (Lipinski definition) is 3. The smallest absolute Gasteiger partial charge is 0.225 e. The van der Waals surface area contributed by atoms with Gasteiger partial charge >= 0.3 is 0 Å². The Morgan fingerprint density at radius 2 is 2.15 bits per heavy atom. The number of aliphatic hydroxyl groups excluding tert-OH is 1. The van der Waals surface area contributed by atoms with E-state index in [0.717, 1.165) is 18.4 Å². The molecule has 3 unspecified atom stereocenters. The Hall–Kier alpha value is -1.39. The van der Waals surface area contributed by atoms with E-state index in [1.807, 2.05) is 30.3 Å². The van der Waals surface area contributed by atoms with Crippen molar-refractivity contribution < 1.29 is 9.90 Å². The lowest BCUT2D eigenvalue weighted by molar-refractivity contribution is -0.126. The summed E-state index contributed by atoms with van der Waals surface area (Å²) in [5, 5.41) is 16.0. The van der Waals surface area contributed by atoms with Gasteiger partial charge in [-0.05, 0) is 31.2 Å². The molecule has 3 N–H and O–H groups in total. The summed E-state index contributed by atoms with van der Waals surface area (Å²) in [6.45, 7) is -0.0190. The molecule has 2 aliphatic rings. The monoisotopic (exact) mass is 274 g/mol. The molecule has 4 atom stereocenters. The number of rotatable bonds is 5. The number of nitrogens with one attached hydrogen (secondary N) is 2. The minimum atomic E-state index is -0.191. The van der Waals surface area contributed by atoms with Crippen LogP contribution >= 0.6 is 0 Å². The molecule has 0 aliphatic carbocycles. The first-order valence-corrected chi connectivity index (χ1v) is 7.47. The van der Waals surface area contributed by atoms with Crippen LogP contribution in [-0.4, -0.2) is 35.7 Å². The molecule has 4 nitrogen and oxygen atoms in total. The van der Waals surface area contributed by atoms with Gasteiger partial charge in [-0.2, -0.15) is 0 Å². The summed E-state index contributed by atoms with van der Waals surface area (Å²) in [7, 11) is 0. The van der Waals surface area contributed by atoms with E-state index in [2.05, 4.69) is 10.6 Å². The van der Waals surface area contributed by atoms with Crippen LogP contribution in [0.15, 0.2) is 30.3 Å². The highest BCUT2D eigenvalue weighted by atomic mass is 16.3. The molecule has 20 heavy (non-hydrogen) atoms. The summed E-state index contributed by atoms with van der Waals surface area (Å²) < 4.78 is 0. The minimum absolute atomic E-state index is 0.0190. The second-order valence-electron chi connectivity index (χ2n) is 5.97. The van der Waals surface area contributed by atoms with Crippen LogP contribution in [-0.2, 0) is 11.2 Å². The van der Waals surface area contributed by atoms with Crippen molar-refractivity contribution in [3.8, 4) is 0 Å². The standard InChI is InChI=1S/C16H22N2O2/c19-10-13(8-11-4-2-1-3-5-11)18-16(20)14-9-12-6-7-15(14)17-12/h1-5,12-15,17,19H,6-10H2,(H,18,20)/t12?,13-,14?,15?/m0/s1. The first-order valence-electron chi connectivity index (χ1n) is 7.47. The van der Waals surface area contributed by atoms with Crippen LogP contribution in [0.4, 0.5) is 0 Å². The predicted octanol–water partition coefficient (Wildman–Crippen LogP) is 0.847. The maximum Gasteiger partial charge on any atom is 0.225 e. The van der Waals surface area contributed by atoms with E-state index in [1.54, 1.807) is 0 Å². The maximum absolute atomic E-state index is 12.3. The predicted molar refractivity (Wildman–Crippen MR) is 77.2 cm³/mol. The highest BCUT2D eigenvalue weighted by molar-refractivity contribution is 5.80. The zero-order chi connectivity index (χ0) is 13.9. The third-order valence-electron chi connectivity index (χ3n) is 4.53. The van der Waals surface area contributed by atoms with Crippen LogP contribution in [0, 0.1) is 5.92 Å². The van der Waals surface area contributed by atoms with E-state index in [1.165, 1.54) is 6.42 Å². The van der Waals surface area contributed by atoms with Gasteiger partial charge < -0.3 is 15.7 Å². The lowest BCUT2D eigenvalue weighted by atomic mass is 9.88. The van der Waals surface area contributed by atoms with Crippen molar-refractivity contribution in [1.29, 1.82) is 0 Å². The lowest BCUT2D eigenvalue weighted by Crippen LogP contribution is -2.45. The van der Waals surface area contributed by atoms with Gasteiger partial charge in [0.15, 0.2) is 0 Å². The molecule has 0 spiro atoms. The Morgan fingerprint density at radius 1 is 1.35 bits per heavy atom. The number of hydrogen-bond acceptors (Lipinski definition) is 3. The van der Waals surface area contributed by atoms with Crippen LogP contribution < -0.4 is 10.6 Å². The molecule has 1 aromatic carbocycles. The Morgan fingerprint density at radius 3 is 2.75 bits per heavy atom. The first-order chi connectivity index (χ1) is 9.76. The molecule has 2 aliphatic heterocycles. The van der Waals surface area contributed by atoms with Gasteiger partial charge in [-0.25, -0.2) is 0 Å². The number of carbonyl (C=O) groups is 1. The maximum atomic E-state index is 12.3. The van der Waals surface area contributed by atoms with E-state index in [4.69, 9.17) is 0 Å². The highest BCUT2D eigenvalue weighted by Gasteiger charge is 2.42. The number of aliphatic hydroxyl groups is 1. The number of fused-ring (bicyclic) bond motifs is 2. The van der Waals surface area contributed by atoms with Crippen molar-refractivity contribution in [2.24, 2.45) is 5.92 Å². The van der Waals surface area contributed by atoms with Gasteiger partial charge in [0.1, 0.15) is 0 Å². The van der Waals surface area contributed by atoms with Gasteiger partial charge in [0, 0.05) is 12.1 Å². The minimum Gasteiger partial charge on any atom is -0.394 e. The molecule has 0 saturated carbocycles. The average molecular weight is 274 g/mol. The summed E-state index contributed by atoms with van der Waals surface area (Å²) in [4.78, 5) is 12.3. The van der Waals surface area contributed by atoms with E-state index >= 15 is 0 Å². The van der Waals surface area contributed by atoms with E-state index in [9.17, 15) is 9.90 Å². The van der Waals surface area contributed by atoms with Crippen molar-refractivity contribution in [3.05, 3.63) is 35.9 Å². The number of benzene rings is 1. The molecule has 0 radical (unpaired) electrons. The zero-order valence-electron chi connectivity index (χ0n) is 11.6. The SMILES string of the molecule is O=C(N[C@H](CO)Cc1ccccc1)C1CC2CCC1N2. The lowest BCUT2D eigenvalue weighted by Gasteiger charge is -2.23. The average Bonchev–Trinajstić information content (AvgIpc) is 3.10. The van der Waals surface area contributed by atoms with Gasteiger partial charge in [-0.3, -0.25) is 4.79 Å². The quantitative estimate of drug-likeness (QED) is 0.746. The molecule has 1 aromatic rings. The fourth-order valence-electron chi connectivity index (χ4n) is 3.48. The van der Waals surface area contributed by atoms with E-state index in [0.29, 0.717) is 18.5 Å². The molecule has 1 amide bonds. The van der Waals surface area contributed by atoms with E-state index in [-0.39, 0.29) is 24.5 Å². The summed E-state index contributed by atoms with van der Waals surface area (Å²) in [5.74, 6) is 0.179. The van der Waals surface area contributed by atoms with Crippen molar-refractivity contribution in [1.82, 2.24) is 10.6 Å². The second kappa shape index (κ2) is 5.94. The summed E-state index contributed by atoms with van der Waals surface area (Å²) in [6.07, 6.45) is 3.92. The first kappa shape index (κ1) is 13.6. The number of amides is 1. The molecule has 2 fully saturated rings. The molecule has 0 aromatic heterocycles. The van der Waals surface area contributed by atoms with Crippen LogP contribution in [0.2, 0.25) is 0 Å². The molecular weight excluding hydrogens is 252 g/mol. The molecule has 2 bridgehead atoms. The summed E-state index contributed by atoms with van der Waals surface area (Å²) >= 11 is 0. The Kier molecular flexibility index (Phi) is 4.03. The normalized spacial score (nSPS) is 29.4. The largest absolute Gasteiger partial charge is 0.394 e. The molecule has 4 heteroatoms. The fourth-order valence-corrected chi connectivity index (χ4v) is 3.48. The van der Waals surface area contributed by atoms with Gasteiger partial charge in [-0.15, -0.1) is 0 Å². The second-order valence-corrected chi connectivity index (χ2v) is 5.97. The van der Waals surface area contributed by atoms with Crippen molar-refractivity contribution >= 4 is 5.91 Å². The fraction of sp³-hybridized carbons (Fsp3) is 0.562. The van der Waals surface area contributed by atoms with Crippen molar-refractivity contribution in [3.63, 3.8) is 0 Å². The Labute approximate surface area is 119 Å². The van der Waals surface area contributed by atoms with Gasteiger partial charge in [0.05, 0.1) is 18.6 Å². The molecule has 3 rings (SSSR count). The van der Waals surface area contributed by atoms with Crippen LogP contribution in [0.1, 0.15) is 24.8 Å². The third-order valence-corrected chi connectivity index (χ3v) is 4.53. The molecule has 2 saturated heterocycles. The van der Waals surface area contributed by atoms with Crippen molar-refractivity contribution in [2.75, 3.05) is 6.61 Å². The highest BCUT2D eigenvalue weighted by Crippen LogP contribution is 2.33. The van der Waals surface area contributed by atoms with Gasteiger partial charge in [0.2, 0.25) is 5.91 Å². The van der Waals surface area contributed by atoms with Gasteiger partial charge in [-0.1, -0.05) is 30.3 Å². The molecular formula is C16H22N2O2. The summed E-state index contributed by atoms with van der Waals surface area (Å²) in [5.41, 5.74) is 1.14. The van der Waals surface area contributed by atoms with Crippen molar-refractivity contribution in [2.45, 2.75) is 43.8 Å². The molecule has 2 heterocycles. The Balaban J connectivity index is 1.56. The zero-order valence-corrected chi connectivity index (χ0v) is 11.6. The summed E-state index contributed by atoms with van der Waals surface area (Å²) in [6, 6.07) is 10.6. The van der Waals surface area contributed by atoms with Crippen LogP contribution in [0.5, 0.6) is 0 Å². The third kappa shape index (κ3) is 2.86. The van der Waals surface area contributed by atoms with Crippen LogP contribution in [0.3, 0.4) is 0 Å². The Bertz CT molecular complexity index is 463. The molecule has 108 valence electrons. The van der Waals surface area contributed by atoms with Gasteiger partial charge in [0.25, 0.3) is 0 Å².